The number of carbonyl (C=O) groups excluding carboxylic acids is 1. The fraction of sp³-hybridized carbons (Fsp3) is 0.333. The number of hydrogen-bond donors (Lipinski definition) is 0. The smallest absolute Gasteiger partial charge is 0.274 e. The van der Waals surface area contributed by atoms with Gasteiger partial charge in [0.25, 0.3) is 5.91 Å². The minimum atomic E-state index is 0.00412. The summed E-state index contributed by atoms with van der Waals surface area (Å²) in [6.45, 7) is 1.45. The molecule has 0 saturated carbocycles. The molecule has 0 unspecified atom stereocenters. The van der Waals surface area contributed by atoms with Crippen molar-refractivity contribution in [2.24, 2.45) is 0 Å². The van der Waals surface area contributed by atoms with Gasteiger partial charge in [-0.05, 0) is 18.6 Å². The molecule has 3 rings (SSSR count). The molecule has 0 fully saturated rings. The van der Waals surface area contributed by atoms with Crippen molar-refractivity contribution in [2.45, 2.75) is 6.42 Å². The van der Waals surface area contributed by atoms with E-state index in [2.05, 4.69) is 11.1 Å². The first-order chi connectivity index (χ1) is 9.65. The van der Waals surface area contributed by atoms with Gasteiger partial charge < -0.3 is 14.2 Å². The molecule has 104 valence electrons. The average Bonchev–Trinajstić information content (AvgIpc) is 2.90. The predicted molar refractivity (Wildman–Crippen MR) is 79.2 cm³/mol. The summed E-state index contributed by atoms with van der Waals surface area (Å²) < 4.78 is 1.91. The van der Waals surface area contributed by atoms with E-state index in [9.17, 15) is 4.79 Å². The van der Waals surface area contributed by atoms with E-state index in [-0.39, 0.29) is 5.91 Å². The molecule has 0 spiro atoms. The molecule has 0 N–H and O–H groups in total. The second-order valence-electron chi connectivity index (χ2n) is 5.18. The van der Waals surface area contributed by atoms with E-state index >= 15 is 0 Å². The van der Waals surface area contributed by atoms with Gasteiger partial charge in [0, 0.05) is 39.6 Å². The molecular weight excluding hydrogens is 252 g/mol. The van der Waals surface area contributed by atoms with Crippen LogP contribution >= 0.6 is 0 Å². The Bertz CT molecular complexity index is 672. The predicted octanol–water partition coefficient (Wildman–Crippen LogP) is 1.80. The van der Waals surface area contributed by atoms with Crippen LogP contribution in [-0.4, -0.2) is 47.4 Å². The quantitative estimate of drug-likeness (QED) is 0.781. The minimum Gasteiger partial charge on any atom is -0.376 e. The van der Waals surface area contributed by atoms with E-state index in [1.54, 1.807) is 0 Å². The van der Waals surface area contributed by atoms with Gasteiger partial charge >= 0.3 is 0 Å². The lowest BCUT2D eigenvalue weighted by molar-refractivity contribution is 0.0766. The van der Waals surface area contributed by atoms with Crippen LogP contribution in [0, 0.1) is 0 Å². The molecule has 20 heavy (non-hydrogen) atoms. The van der Waals surface area contributed by atoms with Gasteiger partial charge in [-0.1, -0.05) is 12.2 Å². The van der Waals surface area contributed by atoms with Gasteiger partial charge in [-0.3, -0.25) is 4.79 Å². The standard InChI is InChI=1S/C15H18N4O/c1-17(2)12-6-7-14-16-13(11-19(14)10-12)15(20)18-8-4-3-5-9-18/h3-4,6-7,10-11H,5,8-9H2,1-2H3. The van der Waals surface area contributed by atoms with Crippen molar-refractivity contribution in [3.63, 3.8) is 0 Å². The molecule has 5 heteroatoms. The maximum Gasteiger partial charge on any atom is 0.274 e. The molecule has 0 radical (unpaired) electrons. The van der Waals surface area contributed by atoms with E-state index in [0.717, 1.165) is 24.3 Å². The highest BCUT2D eigenvalue weighted by Crippen LogP contribution is 2.15. The molecule has 3 heterocycles. The Labute approximate surface area is 118 Å². The topological polar surface area (TPSA) is 40.9 Å². The third-order valence-corrected chi connectivity index (χ3v) is 3.52. The molecule has 1 aliphatic heterocycles. The number of hydrogen-bond acceptors (Lipinski definition) is 3. The number of aromatic nitrogens is 2. The second kappa shape index (κ2) is 5.00. The normalized spacial score (nSPS) is 14.8. The van der Waals surface area contributed by atoms with Crippen LogP contribution in [0.15, 0.2) is 36.7 Å². The Hall–Kier alpha value is -2.30. The van der Waals surface area contributed by atoms with E-state index < -0.39 is 0 Å². The number of rotatable bonds is 2. The number of amides is 1. The van der Waals surface area contributed by atoms with E-state index in [1.807, 2.05) is 58.9 Å². The highest BCUT2D eigenvalue weighted by Gasteiger charge is 2.18. The average molecular weight is 270 g/mol. The summed E-state index contributed by atoms with van der Waals surface area (Å²) in [5, 5.41) is 0. The number of imidazole rings is 1. The summed E-state index contributed by atoms with van der Waals surface area (Å²) in [5.41, 5.74) is 2.39. The van der Waals surface area contributed by atoms with Gasteiger partial charge in [0.15, 0.2) is 0 Å². The molecule has 0 bridgehead atoms. The monoisotopic (exact) mass is 270 g/mol. The number of anilines is 1. The molecule has 0 atom stereocenters. The zero-order valence-electron chi connectivity index (χ0n) is 11.8. The Morgan fingerprint density at radius 3 is 2.80 bits per heavy atom. The Morgan fingerprint density at radius 2 is 2.10 bits per heavy atom. The first-order valence-corrected chi connectivity index (χ1v) is 6.75. The summed E-state index contributed by atoms with van der Waals surface area (Å²) in [7, 11) is 3.98. The lowest BCUT2D eigenvalue weighted by Crippen LogP contribution is -2.33. The first-order valence-electron chi connectivity index (χ1n) is 6.75. The molecule has 1 aliphatic rings. The molecule has 0 saturated heterocycles. The third kappa shape index (κ3) is 2.27. The summed E-state index contributed by atoms with van der Waals surface area (Å²) in [5.74, 6) is 0.00412. The third-order valence-electron chi connectivity index (χ3n) is 3.52. The molecular formula is C15H18N4O. The minimum absolute atomic E-state index is 0.00412. The summed E-state index contributed by atoms with van der Waals surface area (Å²) in [6, 6.07) is 3.93. The van der Waals surface area contributed by atoms with Crippen LogP contribution in [0.25, 0.3) is 5.65 Å². The van der Waals surface area contributed by atoms with Crippen molar-refractivity contribution in [1.29, 1.82) is 0 Å². The van der Waals surface area contributed by atoms with Crippen LogP contribution in [-0.2, 0) is 0 Å². The summed E-state index contributed by atoms with van der Waals surface area (Å²) >= 11 is 0. The summed E-state index contributed by atoms with van der Waals surface area (Å²) in [6.07, 6.45) is 8.85. The Balaban J connectivity index is 1.92. The van der Waals surface area contributed by atoms with Gasteiger partial charge in [0.05, 0.1) is 5.69 Å². The van der Waals surface area contributed by atoms with Gasteiger partial charge in [-0.25, -0.2) is 4.98 Å². The SMILES string of the molecule is CN(C)c1ccc2nc(C(=O)N3CC=CCC3)cn2c1. The first kappa shape index (κ1) is 12.7. The maximum absolute atomic E-state index is 12.4. The fourth-order valence-electron chi connectivity index (χ4n) is 2.34. The number of carbonyl (C=O) groups is 1. The number of fused-ring (bicyclic) bond motifs is 1. The van der Waals surface area contributed by atoms with Crippen molar-refractivity contribution in [3.05, 3.63) is 42.4 Å². The van der Waals surface area contributed by atoms with E-state index in [0.29, 0.717) is 12.2 Å². The van der Waals surface area contributed by atoms with Crippen molar-refractivity contribution in [1.82, 2.24) is 14.3 Å². The number of nitrogens with zero attached hydrogens (tertiary/aromatic N) is 4. The van der Waals surface area contributed by atoms with Gasteiger partial charge in [-0.15, -0.1) is 0 Å². The fourth-order valence-corrected chi connectivity index (χ4v) is 2.34. The van der Waals surface area contributed by atoms with E-state index in [1.165, 1.54) is 0 Å². The van der Waals surface area contributed by atoms with E-state index in [4.69, 9.17) is 0 Å². The van der Waals surface area contributed by atoms with Crippen molar-refractivity contribution < 1.29 is 4.79 Å². The van der Waals surface area contributed by atoms with Gasteiger partial charge in [0.2, 0.25) is 0 Å². The maximum atomic E-state index is 12.4. The number of pyridine rings is 1. The lowest BCUT2D eigenvalue weighted by atomic mass is 10.2. The highest BCUT2D eigenvalue weighted by molar-refractivity contribution is 5.93. The largest absolute Gasteiger partial charge is 0.376 e. The molecule has 1 amide bonds. The van der Waals surface area contributed by atoms with Crippen LogP contribution in [0.5, 0.6) is 0 Å². The Kier molecular flexibility index (Phi) is 3.18. The molecule has 0 aliphatic carbocycles. The second-order valence-corrected chi connectivity index (χ2v) is 5.18. The van der Waals surface area contributed by atoms with Crippen LogP contribution in [0.1, 0.15) is 16.9 Å². The van der Waals surface area contributed by atoms with Crippen LogP contribution in [0.3, 0.4) is 0 Å². The van der Waals surface area contributed by atoms with Crippen molar-refractivity contribution in [3.8, 4) is 0 Å². The van der Waals surface area contributed by atoms with Crippen LogP contribution in [0.2, 0.25) is 0 Å². The molecule has 2 aromatic heterocycles. The van der Waals surface area contributed by atoms with Gasteiger partial charge in [0.1, 0.15) is 11.3 Å². The molecule has 0 aromatic carbocycles. The Morgan fingerprint density at radius 1 is 1.25 bits per heavy atom. The van der Waals surface area contributed by atoms with Gasteiger partial charge in [-0.2, -0.15) is 0 Å². The lowest BCUT2D eigenvalue weighted by Gasteiger charge is -2.22. The zero-order chi connectivity index (χ0) is 14.1. The zero-order valence-corrected chi connectivity index (χ0v) is 11.8. The van der Waals surface area contributed by atoms with Crippen LogP contribution < -0.4 is 4.90 Å². The highest BCUT2D eigenvalue weighted by atomic mass is 16.2. The van der Waals surface area contributed by atoms with Crippen molar-refractivity contribution in [2.75, 3.05) is 32.1 Å². The van der Waals surface area contributed by atoms with Crippen LogP contribution in [0.4, 0.5) is 5.69 Å². The van der Waals surface area contributed by atoms with Crippen molar-refractivity contribution >= 4 is 17.2 Å². The molecule has 2 aromatic rings. The molecule has 5 nitrogen and oxygen atoms in total. The summed E-state index contributed by atoms with van der Waals surface area (Å²) in [4.78, 5) is 20.7.